The van der Waals surface area contributed by atoms with Gasteiger partial charge in [0.1, 0.15) is 0 Å². The van der Waals surface area contributed by atoms with Crippen LogP contribution in [0.4, 0.5) is 0 Å². The molecule has 0 heterocycles. The van der Waals surface area contributed by atoms with Crippen molar-refractivity contribution in [3.63, 3.8) is 0 Å². The number of thioether (sulfide) groups is 1. The maximum atomic E-state index is 5.28. The van der Waals surface area contributed by atoms with E-state index in [1.165, 1.54) is 5.56 Å². The Morgan fingerprint density at radius 3 is 2.77 bits per heavy atom. The first kappa shape index (κ1) is 10.2. The molecular formula is C11H14OS. The molecule has 0 aromatic heterocycles. The van der Waals surface area contributed by atoms with Crippen molar-refractivity contribution in [1.82, 2.24) is 0 Å². The molecule has 70 valence electrons. The maximum absolute atomic E-state index is 5.28. The Morgan fingerprint density at radius 2 is 2.08 bits per heavy atom. The zero-order chi connectivity index (χ0) is 9.36. The normalized spacial score (nSPS) is 10.5. The van der Waals surface area contributed by atoms with Gasteiger partial charge in [-0.25, -0.2) is 0 Å². The van der Waals surface area contributed by atoms with E-state index in [4.69, 9.17) is 4.74 Å². The summed E-state index contributed by atoms with van der Waals surface area (Å²) >= 11 is 1.79. The van der Waals surface area contributed by atoms with Crippen LogP contribution in [0.2, 0.25) is 0 Å². The Balaban J connectivity index is 2.25. The lowest BCUT2D eigenvalue weighted by Gasteiger charge is -1.97. The van der Waals surface area contributed by atoms with Gasteiger partial charge in [-0.1, -0.05) is 30.3 Å². The second-order valence-corrected chi connectivity index (χ2v) is 3.56. The van der Waals surface area contributed by atoms with Gasteiger partial charge in [0.2, 0.25) is 0 Å². The van der Waals surface area contributed by atoms with Crippen molar-refractivity contribution in [2.75, 3.05) is 18.6 Å². The van der Waals surface area contributed by atoms with E-state index in [1.54, 1.807) is 18.0 Å². The maximum Gasteiger partial charge on any atom is 0.0963 e. The summed E-state index contributed by atoms with van der Waals surface area (Å²) in [6.07, 6.45) is 5.80. The van der Waals surface area contributed by atoms with Crippen molar-refractivity contribution in [2.24, 2.45) is 0 Å². The van der Waals surface area contributed by atoms with Crippen molar-refractivity contribution in [3.8, 4) is 0 Å². The zero-order valence-corrected chi connectivity index (χ0v) is 8.59. The van der Waals surface area contributed by atoms with Gasteiger partial charge in [-0.05, 0) is 17.9 Å². The molecule has 0 bridgehead atoms. The first-order chi connectivity index (χ1) is 6.43. The van der Waals surface area contributed by atoms with E-state index in [-0.39, 0.29) is 0 Å². The molecule has 1 nitrogen and oxygen atoms in total. The monoisotopic (exact) mass is 194 g/mol. The van der Waals surface area contributed by atoms with Crippen LogP contribution < -0.4 is 0 Å². The third-order valence-corrected chi connectivity index (χ3v) is 2.14. The Hall–Kier alpha value is -0.890. The molecule has 0 amide bonds. The van der Waals surface area contributed by atoms with Crippen LogP contribution in [-0.4, -0.2) is 18.6 Å². The number of hydrogen-bond acceptors (Lipinski definition) is 2. The third kappa shape index (κ3) is 4.63. The van der Waals surface area contributed by atoms with Crippen molar-refractivity contribution in [2.45, 2.75) is 0 Å². The summed E-state index contributed by atoms with van der Waals surface area (Å²) in [6, 6.07) is 10.1. The van der Waals surface area contributed by atoms with E-state index < -0.39 is 0 Å². The average molecular weight is 194 g/mol. The van der Waals surface area contributed by atoms with Crippen molar-refractivity contribution < 1.29 is 4.74 Å². The molecule has 1 aromatic rings. The Kier molecular flexibility index (Phi) is 5.18. The Labute approximate surface area is 83.8 Å². The van der Waals surface area contributed by atoms with E-state index in [2.05, 4.69) is 18.4 Å². The van der Waals surface area contributed by atoms with Crippen LogP contribution in [0, 0.1) is 0 Å². The van der Waals surface area contributed by atoms with Gasteiger partial charge >= 0.3 is 0 Å². The van der Waals surface area contributed by atoms with Crippen molar-refractivity contribution >= 4 is 17.8 Å². The molecule has 0 fully saturated rings. The predicted octanol–water partition coefficient (Wildman–Crippen LogP) is 3.04. The topological polar surface area (TPSA) is 9.23 Å². The first-order valence-electron chi connectivity index (χ1n) is 4.25. The van der Waals surface area contributed by atoms with Crippen LogP contribution in [0.5, 0.6) is 0 Å². The van der Waals surface area contributed by atoms with E-state index in [0.717, 1.165) is 12.4 Å². The largest absolute Gasteiger partial charge is 0.500 e. The number of hydrogen-bond donors (Lipinski definition) is 0. The second-order valence-electron chi connectivity index (χ2n) is 2.58. The molecule has 0 aliphatic carbocycles. The molecule has 0 saturated heterocycles. The Morgan fingerprint density at radius 1 is 1.31 bits per heavy atom. The molecule has 1 aromatic carbocycles. The molecule has 13 heavy (non-hydrogen) atoms. The van der Waals surface area contributed by atoms with Crippen molar-refractivity contribution in [1.29, 1.82) is 0 Å². The van der Waals surface area contributed by atoms with Crippen LogP contribution in [0.25, 0.3) is 6.08 Å². The minimum atomic E-state index is 0.782. The molecule has 2 heteroatoms. The summed E-state index contributed by atoms with van der Waals surface area (Å²) in [5, 5.41) is 0. The molecule has 0 unspecified atom stereocenters. The fourth-order valence-electron chi connectivity index (χ4n) is 0.890. The molecule has 0 atom stereocenters. The molecule has 0 aliphatic rings. The van der Waals surface area contributed by atoms with Gasteiger partial charge in [-0.15, -0.1) is 0 Å². The average Bonchev–Trinajstić information content (AvgIpc) is 2.19. The summed E-state index contributed by atoms with van der Waals surface area (Å²) in [6.45, 7) is 0.782. The molecule has 0 radical (unpaired) electrons. The standard InChI is InChI=1S/C11H14OS/c1-13-10-9-12-8-7-11-5-3-2-4-6-11/h2-8H,9-10H2,1H3/b8-7+. The second kappa shape index (κ2) is 6.61. The highest BCUT2D eigenvalue weighted by atomic mass is 32.2. The first-order valence-corrected chi connectivity index (χ1v) is 5.65. The number of ether oxygens (including phenoxy) is 1. The highest BCUT2D eigenvalue weighted by Gasteiger charge is 1.83. The fraction of sp³-hybridized carbons (Fsp3) is 0.273. The molecule has 1 rings (SSSR count). The van der Waals surface area contributed by atoms with E-state index >= 15 is 0 Å². The van der Waals surface area contributed by atoms with Crippen LogP contribution >= 0.6 is 11.8 Å². The molecular weight excluding hydrogens is 180 g/mol. The van der Waals surface area contributed by atoms with Crippen LogP contribution in [0.15, 0.2) is 36.6 Å². The van der Waals surface area contributed by atoms with Gasteiger partial charge in [0, 0.05) is 5.75 Å². The van der Waals surface area contributed by atoms with E-state index in [1.807, 2.05) is 24.3 Å². The van der Waals surface area contributed by atoms with Crippen LogP contribution in [-0.2, 0) is 4.74 Å². The van der Waals surface area contributed by atoms with Gasteiger partial charge < -0.3 is 4.74 Å². The van der Waals surface area contributed by atoms with Gasteiger partial charge in [0.15, 0.2) is 0 Å². The lowest BCUT2D eigenvalue weighted by Crippen LogP contribution is -1.88. The number of benzene rings is 1. The SMILES string of the molecule is CSCCO/C=C/c1ccccc1. The lowest BCUT2D eigenvalue weighted by molar-refractivity contribution is 0.275. The summed E-state index contributed by atoms with van der Waals surface area (Å²) in [5.74, 6) is 1.04. The summed E-state index contributed by atoms with van der Waals surface area (Å²) in [7, 11) is 0. The van der Waals surface area contributed by atoms with Gasteiger partial charge in [-0.3, -0.25) is 0 Å². The van der Waals surface area contributed by atoms with Crippen molar-refractivity contribution in [3.05, 3.63) is 42.2 Å². The fourth-order valence-corrected chi connectivity index (χ4v) is 1.15. The summed E-state index contributed by atoms with van der Waals surface area (Å²) in [4.78, 5) is 0. The minimum Gasteiger partial charge on any atom is -0.500 e. The van der Waals surface area contributed by atoms with Crippen LogP contribution in [0.3, 0.4) is 0 Å². The molecule has 0 spiro atoms. The molecule has 0 saturated carbocycles. The smallest absolute Gasteiger partial charge is 0.0963 e. The Bertz CT molecular complexity index is 244. The highest BCUT2D eigenvalue weighted by molar-refractivity contribution is 7.98. The highest BCUT2D eigenvalue weighted by Crippen LogP contribution is 2.01. The summed E-state index contributed by atoms with van der Waals surface area (Å²) < 4.78 is 5.28. The predicted molar refractivity (Wildman–Crippen MR) is 59.8 cm³/mol. The van der Waals surface area contributed by atoms with Gasteiger partial charge in [-0.2, -0.15) is 11.8 Å². The van der Waals surface area contributed by atoms with Crippen LogP contribution in [0.1, 0.15) is 5.56 Å². The molecule has 0 N–H and O–H groups in total. The lowest BCUT2D eigenvalue weighted by atomic mass is 10.2. The van der Waals surface area contributed by atoms with Gasteiger partial charge in [0.25, 0.3) is 0 Å². The van der Waals surface area contributed by atoms with E-state index in [0.29, 0.717) is 0 Å². The molecule has 0 aliphatic heterocycles. The third-order valence-electron chi connectivity index (χ3n) is 1.56. The summed E-state index contributed by atoms with van der Waals surface area (Å²) in [5.41, 5.74) is 1.17. The van der Waals surface area contributed by atoms with Gasteiger partial charge in [0.05, 0.1) is 12.9 Å². The minimum absolute atomic E-state index is 0.782. The van der Waals surface area contributed by atoms with E-state index in [9.17, 15) is 0 Å². The zero-order valence-electron chi connectivity index (χ0n) is 7.77. The quantitative estimate of drug-likeness (QED) is 0.526. The number of rotatable bonds is 5.